The first-order valence-corrected chi connectivity index (χ1v) is 6.87. The fourth-order valence-corrected chi connectivity index (χ4v) is 2.26. The molecule has 0 heterocycles. The fourth-order valence-electron chi connectivity index (χ4n) is 2.26. The third kappa shape index (κ3) is 3.82. The van der Waals surface area contributed by atoms with Crippen molar-refractivity contribution < 1.29 is 4.79 Å². The van der Waals surface area contributed by atoms with Crippen LogP contribution in [-0.2, 0) is 4.79 Å². The Labute approximate surface area is 115 Å². The van der Waals surface area contributed by atoms with Crippen LogP contribution in [0.4, 0.5) is 5.69 Å². The Morgan fingerprint density at radius 2 is 1.74 bits per heavy atom. The molecule has 0 aliphatic rings. The Hall–Kier alpha value is -1.82. The number of nitriles is 1. The Morgan fingerprint density at radius 1 is 1.21 bits per heavy atom. The van der Waals surface area contributed by atoms with Crippen molar-refractivity contribution in [1.29, 1.82) is 5.26 Å². The van der Waals surface area contributed by atoms with Crippen LogP contribution < -0.4 is 5.32 Å². The molecule has 0 aromatic heterocycles. The van der Waals surface area contributed by atoms with E-state index in [0.29, 0.717) is 12.8 Å². The van der Waals surface area contributed by atoms with Gasteiger partial charge in [0.15, 0.2) is 0 Å². The molecule has 1 amide bonds. The van der Waals surface area contributed by atoms with Gasteiger partial charge in [-0.3, -0.25) is 4.79 Å². The van der Waals surface area contributed by atoms with Gasteiger partial charge in [-0.2, -0.15) is 5.26 Å². The monoisotopic (exact) mass is 258 g/mol. The van der Waals surface area contributed by atoms with E-state index in [1.165, 1.54) is 0 Å². The van der Waals surface area contributed by atoms with E-state index in [4.69, 9.17) is 0 Å². The van der Waals surface area contributed by atoms with Crippen molar-refractivity contribution in [3.8, 4) is 6.07 Å². The number of hydrogen-bond donors (Lipinski definition) is 1. The molecule has 19 heavy (non-hydrogen) atoms. The lowest BCUT2D eigenvalue weighted by molar-refractivity contribution is -0.123. The first-order valence-electron chi connectivity index (χ1n) is 6.87. The summed E-state index contributed by atoms with van der Waals surface area (Å²) >= 11 is 0. The summed E-state index contributed by atoms with van der Waals surface area (Å²) in [5, 5.41) is 12.3. The van der Waals surface area contributed by atoms with Crippen molar-refractivity contribution in [2.45, 2.75) is 46.5 Å². The lowest BCUT2D eigenvalue weighted by Gasteiger charge is -2.24. The lowest BCUT2D eigenvalue weighted by Crippen LogP contribution is -2.35. The first-order chi connectivity index (χ1) is 9.07. The highest BCUT2D eigenvalue weighted by molar-refractivity contribution is 5.97. The third-order valence-electron chi connectivity index (χ3n) is 3.31. The molecule has 1 aromatic rings. The van der Waals surface area contributed by atoms with Gasteiger partial charge in [0, 0.05) is 5.69 Å². The minimum absolute atomic E-state index is 0.178. The van der Waals surface area contributed by atoms with E-state index < -0.39 is 5.41 Å². The van der Waals surface area contributed by atoms with Crippen LogP contribution in [0.2, 0.25) is 0 Å². The Balaban J connectivity index is 2.88. The van der Waals surface area contributed by atoms with E-state index in [-0.39, 0.29) is 5.91 Å². The topological polar surface area (TPSA) is 52.9 Å². The van der Waals surface area contributed by atoms with Crippen molar-refractivity contribution in [2.75, 3.05) is 5.32 Å². The van der Waals surface area contributed by atoms with Gasteiger partial charge in [0.2, 0.25) is 5.91 Å². The summed E-state index contributed by atoms with van der Waals surface area (Å²) in [5.74, 6) is -0.178. The van der Waals surface area contributed by atoms with Gasteiger partial charge in [-0.15, -0.1) is 0 Å². The van der Waals surface area contributed by atoms with Crippen molar-refractivity contribution in [2.24, 2.45) is 5.41 Å². The van der Waals surface area contributed by atoms with Gasteiger partial charge in [0.05, 0.1) is 6.07 Å². The number of carbonyl (C=O) groups is 1. The number of anilines is 1. The average molecular weight is 258 g/mol. The molecular weight excluding hydrogens is 236 g/mol. The summed E-state index contributed by atoms with van der Waals surface area (Å²) in [6.07, 6.45) is 2.87. The number of aryl methyl sites for hydroxylation is 1. The molecule has 0 saturated heterocycles. The molecule has 0 spiro atoms. The van der Waals surface area contributed by atoms with E-state index in [9.17, 15) is 10.1 Å². The third-order valence-corrected chi connectivity index (χ3v) is 3.31. The second-order valence-electron chi connectivity index (χ2n) is 5.01. The van der Waals surface area contributed by atoms with Crippen molar-refractivity contribution >= 4 is 11.6 Å². The molecule has 0 saturated carbocycles. The number of rotatable bonds is 6. The number of hydrogen-bond acceptors (Lipinski definition) is 2. The highest BCUT2D eigenvalue weighted by Crippen LogP contribution is 2.30. The summed E-state index contributed by atoms with van der Waals surface area (Å²) in [7, 11) is 0. The molecular formula is C16H22N2O. The normalized spacial score (nSPS) is 10.8. The van der Waals surface area contributed by atoms with Crippen LogP contribution in [0.5, 0.6) is 0 Å². The maximum atomic E-state index is 12.4. The first kappa shape index (κ1) is 15.2. The fraction of sp³-hybridized carbons (Fsp3) is 0.500. The quantitative estimate of drug-likeness (QED) is 0.837. The molecule has 0 unspecified atom stereocenters. The zero-order valence-corrected chi connectivity index (χ0v) is 12.0. The van der Waals surface area contributed by atoms with Crippen molar-refractivity contribution in [3.63, 3.8) is 0 Å². The van der Waals surface area contributed by atoms with Gasteiger partial charge < -0.3 is 5.32 Å². The Kier molecular flexibility index (Phi) is 5.57. The lowest BCUT2D eigenvalue weighted by atomic mass is 9.79. The van der Waals surface area contributed by atoms with Crippen LogP contribution in [0.3, 0.4) is 0 Å². The summed E-state index contributed by atoms with van der Waals surface area (Å²) in [5.41, 5.74) is 1.00. The van der Waals surface area contributed by atoms with Gasteiger partial charge in [0.25, 0.3) is 0 Å². The van der Waals surface area contributed by atoms with Crippen LogP contribution in [0, 0.1) is 23.7 Å². The van der Waals surface area contributed by atoms with Crippen LogP contribution in [-0.4, -0.2) is 5.91 Å². The molecule has 0 radical (unpaired) electrons. The zero-order valence-electron chi connectivity index (χ0n) is 12.0. The molecule has 0 bridgehead atoms. The summed E-state index contributed by atoms with van der Waals surface area (Å²) in [4.78, 5) is 12.4. The van der Waals surface area contributed by atoms with Crippen LogP contribution in [0.25, 0.3) is 0 Å². The van der Waals surface area contributed by atoms with Gasteiger partial charge in [-0.25, -0.2) is 0 Å². The molecule has 0 aliphatic carbocycles. The molecule has 1 aromatic carbocycles. The molecule has 0 aliphatic heterocycles. The smallest absolute Gasteiger partial charge is 0.244 e. The average Bonchev–Trinajstić information content (AvgIpc) is 2.41. The summed E-state index contributed by atoms with van der Waals surface area (Å²) in [6.45, 7) is 6.00. The van der Waals surface area contributed by atoms with E-state index in [0.717, 1.165) is 24.1 Å². The number of benzene rings is 1. The summed E-state index contributed by atoms with van der Waals surface area (Å²) in [6, 6.07) is 9.87. The predicted octanol–water partition coefficient (Wildman–Crippen LogP) is 4.04. The van der Waals surface area contributed by atoms with Gasteiger partial charge in [0.1, 0.15) is 5.41 Å². The van der Waals surface area contributed by atoms with Gasteiger partial charge >= 0.3 is 0 Å². The Morgan fingerprint density at radius 3 is 2.16 bits per heavy atom. The maximum absolute atomic E-state index is 12.4. The SMILES string of the molecule is CCCC(C#N)(CCC)C(=O)Nc1ccc(C)cc1. The molecule has 1 N–H and O–H groups in total. The molecule has 1 rings (SSSR count). The van der Waals surface area contributed by atoms with Crippen LogP contribution in [0.15, 0.2) is 24.3 Å². The number of nitrogens with zero attached hydrogens (tertiary/aromatic N) is 1. The summed E-state index contributed by atoms with van der Waals surface area (Å²) < 4.78 is 0. The largest absolute Gasteiger partial charge is 0.325 e. The minimum atomic E-state index is -0.894. The highest BCUT2D eigenvalue weighted by Gasteiger charge is 2.36. The van der Waals surface area contributed by atoms with Gasteiger partial charge in [-0.05, 0) is 31.9 Å². The highest BCUT2D eigenvalue weighted by atomic mass is 16.2. The zero-order chi connectivity index (χ0) is 14.3. The standard InChI is InChI=1S/C16H22N2O/c1-4-10-16(12-17,11-5-2)15(19)18-14-8-6-13(3)7-9-14/h6-9H,4-5,10-11H2,1-3H3,(H,18,19). The van der Waals surface area contributed by atoms with Crippen LogP contribution >= 0.6 is 0 Å². The Bertz CT molecular complexity index is 451. The predicted molar refractivity (Wildman–Crippen MR) is 77.7 cm³/mol. The van der Waals surface area contributed by atoms with Crippen molar-refractivity contribution in [3.05, 3.63) is 29.8 Å². The van der Waals surface area contributed by atoms with E-state index in [2.05, 4.69) is 11.4 Å². The van der Waals surface area contributed by atoms with E-state index in [1.54, 1.807) is 0 Å². The molecule has 102 valence electrons. The minimum Gasteiger partial charge on any atom is -0.325 e. The number of nitrogens with one attached hydrogen (secondary N) is 1. The second kappa shape index (κ2) is 6.94. The van der Waals surface area contributed by atoms with E-state index >= 15 is 0 Å². The van der Waals surface area contributed by atoms with Gasteiger partial charge in [-0.1, -0.05) is 44.4 Å². The molecule has 0 fully saturated rings. The second-order valence-corrected chi connectivity index (χ2v) is 5.01. The van der Waals surface area contributed by atoms with E-state index in [1.807, 2.05) is 45.0 Å². The maximum Gasteiger partial charge on any atom is 0.244 e. The molecule has 3 nitrogen and oxygen atoms in total. The molecule has 0 atom stereocenters. The molecule has 3 heteroatoms. The van der Waals surface area contributed by atoms with Crippen LogP contribution in [0.1, 0.15) is 45.1 Å². The number of amides is 1. The number of carbonyl (C=O) groups excluding carboxylic acids is 1. The van der Waals surface area contributed by atoms with Crippen molar-refractivity contribution in [1.82, 2.24) is 0 Å².